The molecule has 1 aromatic rings. The zero-order valence-corrected chi connectivity index (χ0v) is 12.4. The molecule has 0 aromatic heterocycles. The first-order valence-electron chi connectivity index (χ1n) is 6.42. The topological polar surface area (TPSA) is 98.2 Å². The smallest absolute Gasteiger partial charge is 0.240 e. The number of carbonyl (C=O) groups excluding carboxylic acids is 2. The van der Waals surface area contributed by atoms with Crippen molar-refractivity contribution in [1.29, 1.82) is 0 Å². The van der Waals surface area contributed by atoms with E-state index in [0.29, 0.717) is 12.8 Å². The van der Waals surface area contributed by atoms with Crippen LogP contribution in [0.5, 0.6) is 0 Å². The molecule has 0 heterocycles. The number of nitrogens with two attached hydrogens (primary N) is 2. The second-order valence-corrected chi connectivity index (χ2v) is 5.53. The summed E-state index contributed by atoms with van der Waals surface area (Å²) in [5, 5.41) is 2.62. The van der Waals surface area contributed by atoms with Crippen LogP contribution >= 0.6 is 11.8 Å². The van der Waals surface area contributed by atoms with Crippen LogP contribution in [0.4, 0.5) is 0 Å². The fourth-order valence-electron chi connectivity index (χ4n) is 1.76. The zero-order chi connectivity index (χ0) is 15.0. The van der Waals surface area contributed by atoms with Crippen molar-refractivity contribution < 1.29 is 9.59 Å². The lowest BCUT2D eigenvalue weighted by Gasteiger charge is -2.18. The summed E-state index contributed by atoms with van der Waals surface area (Å²) in [6.45, 7) is 0. The Labute approximate surface area is 123 Å². The van der Waals surface area contributed by atoms with Crippen LogP contribution in [0, 0.1) is 0 Å². The van der Waals surface area contributed by atoms with E-state index in [0.717, 1.165) is 11.3 Å². The molecule has 0 radical (unpaired) electrons. The first-order chi connectivity index (χ1) is 9.54. The highest BCUT2D eigenvalue weighted by Gasteiger charge is 2.21. The molecule has 2 atom stereocenters. The van der Waals surface area contributed by atoms with E-state index in [2.05, 4.69) is 5.32 Å². The molecule has 0 saturated heterocycles. The van der Waals surface area contributed by atoms with Crippen molar-refractivity contribution in [2.75, 3.05) is 12.0 Å². The van der Waals surface area contributed by atoms with Crippen molar-refractivity contribution in [2.24, 2.45) is 11.5 Å². The first-order valence-corrected chi connectivity index (χ1v) is 7.82. The summed E-state index contributed by atoms with van der Waals surface area (Å²) in [5.74, 6) is -0.125. The van der Waals surface area contributed by atoms with Crippen LogP contribution in [0.3, 0.4) is 0 Å². The molecule has 5 nitrogen and oxygen atoms in total. The maximum atomic E-state index is 12.0. The molecule has 0 aliphatic carbocycles. The van der Waals surface area contributed by atoms with Crippen molar-refractivity contribution in [3.05, 3.63) is 35.9 Å². The molecule has 0 fully saturated rings. The van der Waals surface area contributed by atoms with Crippen molar-refractivity contribution >= 4 is 23.6 Å². The van der Waals surface area contributed by atoms with Gasteiger partial charge in [-0.05, 0) is 30.4 Å². The Morgan fingerprint density at radius 2 is 1.95 bits per heavy atom. The SMILES string of the molecule is CSCC[C@H](NC(=O)[C@@H](N)Cc1ccccc1)C(N)=O. The van der Waals surface area contributed by atoms with Gasteiger partial charge < -0.3 is 16.8 Å². The quantitative estimate of drug-likeness (QED) is 0.641. The molecule has 0 aliphatic heterocycles. The lowest BCUT2D eigenvalue weighted by atomic mass is 10.1. The van der Waals surface area contributed by atoms with Gasteiger partial charge in [-0.3, -0.25) is 9.59 Å². The van der Waals surface area contributed by atoms with Gasteiger partial charge in [-0.1, -0.05) is 30.3 Å². The third-order valence-electron chi connectivity index (χ3n) is 2.91. The third kappa shape index (κ3) is 5.63. The summed E-state index contributed by atoms with van der Waals surface area (Å²) in [4.78, 5) is 23.3. The fourth-order valence-corrected chi connectivity index (χ4v) is 2.23. The molecule has 20 heavy (non-hydrogen) atoms. The maximum Gasteiger partial charge on any atom is 0.240 e. The van der Waals surface area contributed by atoms with Crippen LogP contribution < -0.4 is 16.8 Å². The first kappa shape index (κ1) is 16.5. The molecule has 6 heteroatoms. The predicted octanol–water partition coefficient (Wildman–Crippen LogP) is 0.280. The van der Waals surface area contributed by atoms with Gasteiger partial charge in [0.15, 0.2) is 0 Å². The number of hydrogen-bond donors (Lipinski definition) is 3. The lowest BCUT2D eigenvalue weighted by molar-refractivity contribution is -0.128. The van der Waals surface area contributed by atoms with Crippen LogP contribution in [0.25, 0.3) is 0 Å². The maximum absolute atomic E-state index is 12.0. The summed E-state index contributed by atoms with van der Waals surface area (Å²) >= 11 is 1.60. The fraction of sp³-hybridized carbons (Fsp3) is 0.429. The molecule has 110 valence electrons. The molecule has 0 saturated carbocycles. The molecule has 1 rings (SSSR count). The summed E-state index contributed by atoms with van der Waals surface area (Å²) in [6, 6.07) is 8.17. The van der Waals surface area contributed by atoms with E-state index in [1.54, 1.807) is 11.8 Å². The van der Waals surface area contributed by atoms with Crippen molar-refractivity contribution in [1.82, 2.24) is 5.32 Å². The number of rotatable bonds is 8. The monoisotopic (exact) mass is 295 g/mol. The van der Waals surface area contributed by atoms with Crippen LogP contribution in [-0.4, -0.2) is 35.9 Å². The predicted molar refractivity (Wildman–Crippen MR) is 82.2 cm³/mol. The van der Waals surface area contributed by atoms with Gasteiger partial charge in [-0.15, -0.1) is 0 Å². The average molecular weight is 295 g/mol. The Hall–Kier alpha value is -1.53. The summed E-state index contributed by atoms with van der Waals surface area (Å²) in [5.41, 5.74) is 12.1. The zero-order valence-electron chi connectivity index (χ0n) is 11.5. The summed E-state index contributed by atoms with van der Waals surface area (Å²) in [6.07, 6.45) is 2.88. The van der Waals surface area contributed by atoms with E-state index in [1.165, 1.54) is 0 Å². The summed E-state index contributed by atoms with van der Waals surface area (Å²) in [7, 11) is 0. The largest absolute Gasteiger partial charge is 0.368 e. The Morgan fingerprint density at radius 3 is 2.50 bits per heavy atom. The molecule has 1 aromatic carbocycles. The van der Waals surface area contributed by atoms with E-state index in [1.807, 2.05) is 36.6 Å². The van der Waals surface area contributed by atoms with Gasteiger partial charge >= 0.3 is 0 Å². The van der Waals surface area contributed by atoms with E-state index < -0.39 is 18.0 Å². The molecule has 0 aliphatic rings. The Kier molecular flexibility index (Phi) is 7.11. The van der Waals surface area contributed by atoms with E-state index in [9.17, 15) is 9.59 Å². The number of amides is 2. The van der Waals surface area contributed by atoms with Gasteiger partial charge in [0.2, 0.25) is 11.8 Å². The lowest BCUT2D eigenvalue weighted by Crippen LogP contribution is -2.51. The average Bonchev–Trinajstić information content (AvgIpc) is 2.43. The highest BCUT2D eigenvalue weighted by atomic mass is 32.2. The number of carbonyl (C=O) groups is 2. The van der Waals surface area contributed by atoms with E-state index in [-0.39, 0.29) is 5.91 Å². The molecule has 0 unspecified atom stereocenters. The van der Waals surface area contributed by atoms with Crippen LogP contribution in [0.2, 0.25) is 0 Å². The number of thioether (sulfide) groups is 1. The number of primary amides is 1. The minimum Gasteiger partial charge on any atom is -0.368 e. The number of hydrogen-bond acceptors (Lipinski definition) is 4. The number of nitrogens with one attached hydrogen (secondary N) is 1. The van der Waals surface area contributed by atoms with Gasteiger partial charge in [0.25, 0.3) is 0 Å². The van der Waals surface area contributed by atoms with E-state index >= 15 is 0 Å². The molecule has 0 bridgehead atoms. The van der Waals surface area contributed by atoms with Crippen LogP contribution in [0.1, 0.15) is 12.0 Å². The Bertz CT molecular complexity index is 439. The highest BCUT2D eigenvalue weighted by Crippen LogP contribution is 2.04. The van der Waals surface area contributed by atoms with Gasteiger partial charge in [-0.25, -0.2) is 0 Å². The molecule has 0 spiro atoms. The van der Waals surface area contributed by atoms with Gasteiger partial charge in [0, 0.05) is 0 Å². The van der Waals surface area contributed by atoms with Crippen molar-refractivity contribution in [2.45, 2.75) is 24.9 Å². The highest BCUT2D eigenvalue weighted by molar-refractivity contribution is 7.98. The van der Waals surface area contributed by atoms with Gasteiger partial charge in [0.1, 0.15) is 6.04 Å². The second kappa shape index (κ2) is 8.60. The second-order valence-electron chi connectivity index (χ2n) is 4.54. The molecule has 5 N–H and O–H groups in total. The number of benzene rings is 1. The molecular weight excluding hydrogens is 274 g/mol. The normalized spacial score (nSPS) is 13.5. The standard InChI is InChI=1S/C14H21N3O2S/c1-20-8-7-12(13(16)18)17-14(19)11(15)9-10-5-3-2-4-6-10/h2-6,11-12H,7-9,15H2,1H3,(H2,16,18)(H,17,19)/t11-,12-/m0/s1. The minimum atomic E-state index is -0.687. The van der Waals surface area contributed by atoms with Crippen LogP contribution in [0.15, 0.2) is 30.3 Å². The van der Waals surface area contributed by atoms with Gasteiger partial charge in [-0.2, -0.15) is 11.8 Å². The van der Waals surface area contributed by atoms with Gasteiger partial charge in [0.05, 0.1) is 6.04 Å². The molecule has 2 amide bonds. The van der Waals surface area contributed by atoms with Crippen LogP contribution in [-0.2, 0) is 16.0 Å². The molecular formula is C14H21N3O2S. The van der Waals surface area contributed by atoms with Crippen molar-refractivity contribution in [3.8, 4) is 0 Å². The Morgan fingerprint density at radius 1 is 1.30 bits per heavy atom. The van der Waals surface area contributed by atoms with E-state index in [4.69, 9.17) is 11.5 Å². The van der Waals surface area contributed by atoms with Crippen molar-refractivity contribution in [3.63, 3.8) is 0 Å². The summed E-state index contributed by atoms with van der Waals surface area (Å²) < 4.78 is 0. The third-order valence-corrected chi connectivity index (χ3v) is 3.55. The minimum absolute atomic E-state index is 0.348. The Balaban J connectivity index is 2.53.